The first-order valence-corrected chi connectivity index (χ1v) is 6.79. The lowest BCUT2D eigenvalue weighted by molar-refractivity contribution is -0.148. The van der Waals surface area contributed by atoms with Crippen molar-refractivity contribution in [2.45, 2.75) is 33.2 Å². The summed E-state index contributed by atoms with van der Waals surface area (Å²) in [6, 6.07) is 0.605. The Kier molecular flexibility index (Phi) is 3.73. The summed E-state index contributed by atoms with van der Waals surface area (Å²) in [4.78, 5) is 16.7. The third kappa shape index (κ3) is 2.63. The van der Waals surface area contributed by atoms with Gasteiger partial charge in [0, 0.05) is 50.7 Å². The maximum Gasteiger partial charge on any atom is 0.228 e. The summed E-state index contributed by atoms with van der Waals surface area (Å²) < 4.78 is 0. The maximum atomic E-state index is 12.2. The van der Waals surface area contributed by atoms with E-state index >= 15 is 0 Å². The predicted molar refractivity (Wildman–Crippen MR) is 68.9 cm³/mol. The van der Waals surface area contributed by atoms with Gasteiger partial charge in [-0.1, -0.05) is 20.8 Å². The molecule has 2 heterocycles. The minimum atomic E-state index is -0.186. The molecule has 2 saturated heterocycles. The van der Waals surface area contributed by atoms with Crippen LogP contribution in [-0.2, 0) is 4.79 Å². The van der Waals surface area contributed by atoms with Crippen LogP contribution in [0.4, 0.5) is 0 Å². The number of carbonyl (C=O) groups is 1. The minimum Gasteiger partial charge on any atom is -0.339 e. The van der Waals surface area contributed by atoms with Gasteiger partial charge in [-0.05, 0) is 6.42 Å². The highest BCUT2D eigenvalue weighted by Gasteiger charge is 2.39. The van der Waals surface area contributed by atoms with Gasteiger partial charge in [-0.3, -0.25) is 9.69 Å². The van der Waals surface area contributed by atoms with E-state index in [2.05, 4.69) is 17.1 Å². The van der Waals surface area contributed by atoms with Crippen molar-refractivity contribution in [3.8, 4) is 0 Å². The highest BCUT2D eigenvalue weighted by atomic mass is 16.2. The summed E-state index contributed by atoms with van der Waals surface area (Å²) in [5.74, 6) is 0.325. The van der Waals surface area contributed by atoms with E-state index in [-0.39, 0.29) is 5.41 Å². The van der Waals surface area contributed by atoms with Crippen LogP contribution >= 0.6 is 0 Å². The van der Waals surface area contributed by atoms with Crippen LogP contribution in [0.2, 0.25) is 0 Å². The Morgan fingerprint density at radius 1 is 1.29 bits per heavy atom. The quantitative estimate of drug-likeness (QED) is 0.781. The number of hydrogen-bond acceptors (Lipinski definition) is 3. The molecule has 2 aliphatic heterocycles. The van der Waals surface area contributed by atoms with Gasteiger partial charge in [0.05, 0.1) is 0 Å². The normalized spacial score (nSPS) is 23.6. The van der Waals surface area contributed by atoms with Crippen LogP contribution in [0.3, 0.4) is 0 Å². The first kappa shape index (κ1) is 12.8. The standard InChI is InChI=1S/C13H25N3O/c1-4-13(2,3)12(17)16-9-11(10-16)15-7-5-14-6-8-15/h11,14H,4-10H2,1-3H3. The number of piperazine rings is 1. The molecular weight excluding hydrogens is 214 g/mol. The van der Waals surface area contributed by atoms with Crippen LogP contribution < -0.4 is 5.32 Å². The molecular formula is C13H25N3O. The summed E-state index contributed by atoms with van der Waals surface area (Å²) in [5, 5.41) is 3.36. The van der Waals surface area contributed by atoms with E-state index in [9.17, 15) is 4.79 Å². The fourth-order valence-corrected chi connectivity index (χ4v) is 2.48. The molecule has 0 bridgehead atoms. The van der Waals surface area contributed by atoms with Crippen molar-refractivity contribution in [2.24, 2.45) is 5.41 Å². The van der Waals surface area contributed by atoms with Crippen LogP contribution in [0.5, 0.6) is 0 Å². The van der Waals surface area contributed by atoms with E-state index in [1.807, 2.05) is 18.7 Å². The summed E-state index contributed by atoms with van der Waals surface area (Å²) in [6.45, 7) is 12.5. The Morgan fingerprint density at radius 2 is 1.88 bits per heavy atom. The number of likely N-dealkylation sites (tertiary alicyclic amines) is 1. The van der Waals surface area contributed by atoms with Gasteiger partial charge in [0.15, 0.2) is 0 Å². The molecule has 0 aromatic heterocycles. The second-order valence-electron chi connectivity index (χ2n) is 5.89. The lowest BCUT2D eigenvalue weighted by Crippen LogP contribution is -2.65. The molecule has 4 heteroatoms. The van der Waals surface area contributed by atoms with E-state index in [1.54, 1.807) is 0 Å². The Hall–Kier alpha value is -0.610. The fourth-order valence-electron chi connectivity index (χ4n) is 2.48. The number of rotatable bonds is 3. The van der Waals surface area contributed by atoms with Crippen LogP contribution in [0.1, 0.15) is 27.2 Å². The van der Waals surface area contributed by atoms with E-state index in [0.29, 0.717) is 11.9 Å². The predicted octanol–water partition coefficient (Wildman–Crippen LogP) is 0.539. The van der Waals surface area contributed by atoms with Gasteiger partial charge >= 0.3 is 0 Å². The maximum absolute atomic E-state index is 12.2. The van der Waals surface area contributed by atoms with Gasteiger partial charge in [0.2, 0.25) is 5.91 Å². The molecule has 0 radical (unpaired) electrons. The lowest BCUT2D eigenvalue weighted by atomic mass is 9.87. The van der Waals surface area contributed by atoms with Gasteiger partial charge in [0.1, 0.15) is 0 Å². The first-order valence-electron chi connectivity index (χ1n) is 6.79. The zero-order chi connectivity index (χ0) is 12.5. The smallest absolute Gasteiger partial charge is 0.228 e. The van der Waals surface area contributed by atoms with Gasteiger partial charge < -0.3 is 10.2 Å². The fraction of sp³-hybridized carbons (Fsp3) is 0.923. The summed E-state index contributed by atoms with van der Waals surface area (Å²) >= 11 is 0. The first-order chi connectivity index (χ1) is 8.04. The van der Waals surface area contributed by atoms with Crippen LogP contribution in [0.15, 0.2) is 0 Å². The molecule has 17 heavy (non-hydrogen) atoms. The number of hydrogen-bond donors (Lipinski definition) is 1. The van der Waals surface area contributed by atoms with Crippen LogP contribution in [0.25, 0.3) is 0 Å². The molecule has 2 fully saturated rings. The molecule has 0 aromatic carbocycles. The van der Waals surface area contributed by atoms with E-state index in [1.165, 1.54) is 0 Å². The van der Waals surface area contributed by atoms with Crippen molar-refractivity contribution in [2.75, 3.05) is 39.3 Å². The highest BCUT2D eigenvalue weighted by molar-refractivity contribution is 5.82. The van der Waals surface area contributed by atoms with E-state index in [0.717, 1.165) is 45.7 Å². The van der Waals surface area contributed by atoms with Crippen molar-refractivity contribution in [3.05, 3.63) is 0 Å². The molecule has 0 aliphatic carbocycles. The van der Waals surface area contributed by atoms with Crippen molar-refractivity contribution in [1.29, 1.82) is 0 Å². The Bertz CT molecular complexity index is 278. The molecule has 98 valence electrons. The molecule has 4 nitrogen and oxygen atoms in total. The third-order valence-corrected chi connectivity index (χ3v) is 4.28. The Balaban J connectivity index is 1.80. The second-order valence-corrected chi connectivity index (χ2v) is 5.89. The van der Waals surface area contributed by atoms with Crippen LogP contribution in [-0.4, -0.2) is 61.0 Å². The molecule has 0 atom stereocenters. The number of nitrogens with zero attached hydrogens (tertiary/aromatic N) is 2. The van der Waals surface area contributed by atoms with Gasteiger partial charge in [0.25, 0.3) is 0 Å². The topological polar surface area (TPSA) is 35.6 Å². The molecule has 0 saturated carbocycles. The summed E-state index contributed by atoms with van der Waals surface area (Å²) in [6.07, 6.45) is 0.917. The monoisotopic (exact) mass is 239 g/mol. The summed E-state index contributed by atoms with van der Waals surface area (Å²) in [7, 11) is 0. The van der Waals surface area contributed by atoms with Gasteiger partial charge in [-0.2, -0.15) is 0 Å². The largest absolute Gasteiger partial charge is 0.339 e. The zero-order valence-electron chi connectivity index (χ0n) is 11.3. The lowest BCUT2D eigenvalue weighted by Gasteiger charge is -2.48. The average molecular weight is 239 g/mol. The van der Waals surface area contributed by atoms with Crippen molar-refractivity contribution in [1.82, 2.24) is 15.1 Å². The molecule has 1 N–H and O–H groups in total. The van der Waals surface area contributed by atoms with E-state index < -0.39 is 0 Å². The molecule has 0 unspecified atom stereocenters. The number of carbonyl (C=O) groups excluding carboxylic acids is 1. The third-order valence-electron chi connectivity index (χ3n) is 4.28. The molecule has 0 aromatic rings. The van der Waals surface area contributed by atoms with Crippen LogP contribution in [0, 0.1) is 5.41 Å². The van der Waals surface area contributed by atoms with Gasteiger partial charge in [-0.15, -0.1) is 0 Å². The van der Waals surface area contributed by atoms with Crippen molar-refractivity contribution in [3.63, 3.8) is 0 Å². The molecule has 2 aliphatic rings. The van der Waals surface area contributed by atoms with Crippen molar-refractivity contribution >= 4 is 5.91 Å². The highest BCUT2D eigenvalue weighted by Crippen LogP contribution is 2.27. The van der Waals surface area contributed by atoms with Crippen molar-refractivity contribution < 1.29 is 4.79 Å². The molecule has 2 rings (SSSR count). The minimum absolute atomic E-state index is 0.186. The molecule has 1 amide bonds. The molecule has 0 spiro atoms. The second kappa shape index (κ2) is 4.94. The number of nitrogens with one attached hydrogen (secondary N) is 1. The average Bonchev–Trinajstić information content (AvgIpc) is 2.28. The van der Waals surface area contributed by atoms with Gasteiger partial charge in [-0.25, -0.2) is 0 Å². The zero-order valence-corrected chi connectivity index (χ0v) is 11.3. The Labute approximate surface area is 104 Å². The van der Waals surface area contributed by atoms with E-state index in [4.69, 9.17) is 0 Å². The number of amides is 1. The summed E-state index contributed by atoms with van der Waals surface area (Å²) in [5.41, 5.74) is -0.186. The Morgan fingerprint density at radius 3 is 2.41 bits per heavy atom. The SMILES string of the molecule is CCC(C)(C)C(=O)N1CC(N2CCNCC2)C1.